The summed E-state index contributed by atoms with van der Waals surface area (Å²) in [6.45, 7) is 2.83. The van der Waals surface area contributed by atoms with Gasteiger partial charge >= 0.3 is 6.09 Å². The quantitative estimate of drug-likeness (QED) is 0.394. The molecule has 208 valence electrons. The molecule has 3 amide bonds. The van der Waals surface area contributed by atoms with Gasteiger partial charge in [-0.25, -0.2) is 9.18 Å². The molecule has 6 rings (SSSR count). The number of hydroxylamine groups is 1. The summed E-state index contributed by atoms with van der Waals surface area (Å²) in [6, 6.07) is 21.6. The molecule has 9 nitrogen and oxygen atoms in total. The Bertz CT molecular complexity index is 1680. The molecule has 1 N–H and O–H groups in total. The van der Waals surface area contributed by atoms with Gasteiger partial charge in [-0.05, 0) is 66.1 Å². The zero-order valence-electron chi connectivity index (χ0n) is 22.6. The zero-order valence-corrected chi connectivity index (χ0v) is 22.6. The number of benzene rings is 3. The number of carbonyl (C=O) groups is 3. The van der Waals surface area contributed by atoms with Crippen molar-refractivity contribution < 1.29 is 23.6 Å². The molecule has 10 heteroatoms. The number of nitrogens with zero attached hydrogens (tertiary/aromatic N) is 4. The molecule has 0 fully saturated rings. The summed E-state index contributed by atoms with van der Waals surface area (Å²) in [5, 5.41) is 3.62. The van der Waals surface area contributed by atoms with Crippen LogP contribution >= 0.6 is 0 Å². The first-order chi connectivity index (χ1) is 19.8. The lowest BCUT2D eigenvalue weighted by atomic mass is 10.0. The smallest absolute Gasteiger partial charge is 0.345 e. The van der Waals surface area contributed by atoms with Gasteiger partial charge in [-0.2, -0.15) is 5.06 Å². The maximum absolute atomic E-state index is 14.6. The second kappa shape index (κ2) is 10.5. The molecule has 0 saturated carbocycles. The van der Waals surface area contributed by atoms with Gasteiger partial charge in [0, 0.05) is 43.3 Å². The van der Waals surface area contributed by atoms with Crippen LogP contribution in [0.4, 0.5) is 26.2 Å². The lowest BCUT2D eigenvalue weighted by molar-refractivity contribution is -0.118. The second-order valence-corrected chi connectivity index (χ2v) is 10.1. The van der Waals surface area contributed by atoms with Crippen LogP contribution in [0.1, 0.15) is 32.7 Å². The van der Waals surface area contributed by atoms with Gasteiger partial charge in [0.25, 0.3) is 5.91 Å². The minimum atomic E-state index is -0.833. The molecule has 0 bridgehead atoms. The number of para-hydroxylation sites is 2. The first kappa shape index (κ1) is 26.1. The zero-order chi connectivity index (χ0) is 28.7. The Balaban J connectivity index is 1.15. The van der Waals surface area contributed by atoms with Gasteiger partial charge in [-0.1, -0.05) is 30.3 Å². The van der Waals surface area contributed by atoms with Gasteiger partial charge in [0.2, 0.25) is 5.91 Å². The molecule has 1 aromatic heterocycles. The van der Waals surface area contributed by atoms with E-state index in [1.807, 2.05) is 55.6 Å². The average Bonchev–Trinajstić information content (AvgIpc) is 3.33. The Morgan fingerprint density at radius 1 is 0.951 bits per heavy atom. The van der Waals surface area contributed by atoms with Crippen LogP contribution in [0.2, 0.25) is 0 Å². The number of anilines is 3. The number of aromatic nitrogens is 1. The van der Waals surface area contributed by atoms with Crippen molar-refractivity contribution in [2.75, 3.05) is 28.5 Å². The molecule has 0 aliphatic carbocycles. The first-order valence-electron chi connectivity index (χ1n) is 13.2. The third-order valence-electron chi connectivity index (χ3n) is 7.55. The van der Waals surface area contributed by atoms with Crippen molar-refractivity contribution in [3.8, 4) is 0 Å². The van der Waals surface area contributed by atoms with Crippen LogP contribution in [0.15, 0.2) is 79.0 Å². The summed E-state index contributed by atoms with van der Waals surface area (Å²) in [7, 11) is 1.54. The number of amides is 3. The van der Waals surface area contributed by atoms with Crippen LogP contribution < -0.4 is 20.2 Å². The van der Waals surface area contributed by atoms with Crippen LogP contribution in [0.25, 0.3) is 0 Å². The highest BCUT2D eigenvalue weighted by Gasteiger charge is 2.32. The van der Waals surface area contributed by atoms with Crippen molar-refractivity contribution in [2.24, 2.45) is 0 Å². The molecule has 3 heterocycles. The van der Waals surface area contributed by atoms with E-state index in [4.69, 9.17) is 4.84 Å². The molecule has 3 aromatic carbocycles. The van der Waals surface area contributed by atoms with Crippen molar-refractivity contribution in [1.82, 2.24) is 9.88 Å². The predicted molar refractivity (Wildman–Crippen MR) is 152 cm³/mol. The molecule has 0 saturated heterocycles. The molecule has 4 aromatic rings. The van der Waals surface area contributed by atoms with E-state index >= 15 is 0 Å². The fourth-order valence-corrected chi connectivity index (χ4v) is 5.29. The Labute approximate surface area is 236 Å². The Hall–Kier alpha value is -5.12. The highest BCUT2D eigenvalue weighted by Crippen LogP contribution is 2.35. The van der Waals surface area contributed by atoms with Crippen molar-refractivity contribution in [3.05, 3.63) is 113 Å². The van der Waals surface area contributed by atoms with Gasteiger partial charge in [0.05, 0.1) is 12.2 Å². The van der Waals surface area contributed by atoms with Crippen LogP contribution in [0.3, 0.4) is 0 Å². The number of halogens is 1. The van der Waals surface area contributed by atoms with Gasteiger partial charge in [-0.3, -0.25) is 9.59 Å². The summed E-state index contributed by atoms with van der Waals surface area (Å²) in [5.74, 6) is -1.06. The molecular weight excluding hydrogens is 525 g/mol. The van der Waals surface area contributed by atoms with E-state index in [9.17, 15) is 18.8 Å². The lowest BCUT2D eigenvalue weighted by Gasteiger charge is -2.33. The molecule has 0 atom stereocenters. The summed E-state index contributed by atoms with van der Waals surface area (Å²) in [6.07, 6.45) is 1.19. The van der Waals surface area contributed by atoms with E-state index in [0.29, 0.717) is 24.3 Å². The number of nitrogens with one attached hydrogen (secondary N) is 1. The Kier molecular flexibility index (Phi) is 6.66. The van der Waals surface area contributed by atoms with Crippen LogP contribution in [0.5, 0.6) is 0 Å². The molecule has 0 spiro atoms. The van der Waals surface area contributed by atoms with Gasteiger partial charge in [-0.15, -0.1) is 0 Å². The summed E-state index contributed by atoms with van der Waals surface area (Å²) < 4.78 is 16.7. The van der Waals surface area contributed by atoms with Gasteiger partial charge in [0.1, 0.15) is 12.2 Å². The molecule has 2 aliphatic heterocycles. The molecule has 0 unspecified atom stereocenters. The lowest BCUT2D eigenvalue weighted by Crippen LogP contribution is -2.46. The third kappa shape index (κ3) is 4.88. The summed E-state index contributed by atoms with van der Waals surface area (Å²) in [5.41, 5.74) is 5.46. The number of fused-ring (bicyclic) bond motifs is 3. The predicted octanol–water partition coefficient (Wildman–Crippen LogP) is 4.77. The molecular formula is C31H28FN5O4. The van der Waals surface area contributed by atoms with Crippen molar-refractivity contribution >= 4 is 35.0 Å². The van der Waals surface area contributed by atoms with E-state index in [1.54, 1.807) is 30.1 Å². The Morgan fingerprint density at radius 2 is 1.76 bits per heavy atom. The monoisotopic (exact) mass is 553 g/mol. The highest BCUT2D eigenvalue weighted by molar-refractivity contribution is 6.06. The standard InChI is InChI=1S/C31H28FN5O4/c1-20-15-21(30(39)36-18-24-8-6-14-35(24)17-23-7-3-4-10-26(23)36)12-13-22(20)16-33-31(40)41-37-19-28(38)34(2)27-11-5-9-25(32)29(27)37/h3-15H,16-19H2,1-2H3,(H,33,40). The van der Waals surface area contributed by atoms with E-state index in [0.717, 1.165) is 33.1 Å². The number of carbonyl (C=O) groups excluding carboxylic acids is 3. The van der Waals surface area contributed by atoms with Crippen molar-refractivity contribution in [1.29, 1.82) is 0 Å². The minimum absolute atomic E-state index is 0.0196. The number of hydrogen-bond donors (Lipinski definition) is 1. The minimum Gasteiger partial charge on any atom is -0.345 e. The number of aryl methyl sites for hydroxylation is 1. The summed E-state index contributed by atoms with van der Waals surface area (Å²) >= 11 is 0. The Morgan fingerprint density at radius 3 is 2.59 bits per heavy atom. The van der Waals surface area contributed by atoms with E-state index < -0.39 is 11.9 Å². The molecule has 41 heavy (non-hydrogen) atoms. The van der Waals surface area contributed by atoms with Gasteiger partial charge < -0.3 is 24.5 Å². The van der Waals surface area contributed by atoms with Crippen molar-refractivity contribution in [2.45, 2.75) is 26.6 Å². The SMILES string of the molecule is Cc1cc(C(=O)N2Cc3cccn3Cc3ccccc32)ccc1CNC(=O)ON1CC(=O)N(C)c2cccc(F)c21. The third-order valence-corrected chi connectivity index (χ3v) is 7.55. The fraction of sp³-hybridized carbons (Fsp3) is 0.194. The van der Waals surface area contributed by atoms with Crippen LogP contribution in [-0.2, 0) is 29.3 Å². The van der Waals surface area contributed by atoms with E-state index in [1.165, 1.54) is 17.0 Å². The summed E-state index contributed by atoms with van der Waals surface area (Å²) in [4.78, 5) is 47.1. The topological polar surface area (TPSA) is 87.1 Å². The maximum Gasteiger partial charge on any atom is 0.431 e. The normalized spacial score (nSPS) is 14.1. The largest absolute Gasteiger partial charge is 0.431 e. The average molecular weight is 554 g/mol. The highest BCUT2D eigenvalue weighted by atomic mass is 19.1. The molecule has 2 aliphatic rings. The van der Waals surface area contributed by atoms with Crippen molar-refractivity contribution in [3.63, 3.8) is 0 Å². The van der Waals surface area contributed by atoms with Crippen LogP contribution in [-0.4, -0.2) is 36.1 Å². The maximum atomic E-state index is 14.6. The number of hydrogen-bond acceptors (Lipinski definition) is 5. The van der Waals surface area contributed by atoms with E-state index in [2.05, 4.69) is 9.88 Å². The van der Waals surface area contributed by atoms with Crippen LogP contribution in [0, 0.1) is 12.7 Å². The molecule has 0 radical (unpaired) electrons. The first-order valence-corrected chi connectivity index (χ1v) is 13.2. The van der Waals surface area contributed by atoms with E-state index in [-0.39, 0.29) is 30.6 Å². The second-order valence-electron chi connectivity index (χ2n) is 10.1. The number of likely N-dealkylation sites (N-methyl/N-ethyl adjacent to an activating group) is 1. The number of rotatable bonds is 4. The van der Waals surface area contributed by atoms with Gasteiger partial charge in [0.15, 0.2) is 5.82 Å². The fourth-order valence-electron chi connectivity index (χ4n) is 5.29.